The highest BCUT2D eigenvalue weighted by atomic mass is 35.5. The molecule has 0 fully saturated rings. The first-order valence-electron chi connectivity index (χ1n) is 13.2. The third-order valence-corrected chi connectivity index (χ3v) is 6.37. The molecular weight excluding hydrogens is 552 g/mol. The summed E-state index contributed by atoms with van der Waals surface area (Å²) >= 11 is 6.16. The molecule has 0 N–H and O–H groups in total. The molecule has 42 heavy (non-hydrogen) atoms. The van der Waals surface area contributed by atoms with Crippen LogP contribution in [-0.2, 0) is 6.42 Å². The van der Waals surface area contributed by atoms with Gasteiger partial charge in [-0.3, -0.25) is 9.98 Å². The Morgan fingerprint density at radius 3 is 2.36 bits per heavy atom. The van der Waals surface area contributed by atoms with Gasteiger partial charge in [-0.2, -0.15) is 15.1 Å². The molecule has 4 heterocycles. The van der Waals surface area contributed by atoms with Crippen LogP contribution >= 0.6 is 11.6 Å². The van der Waals surface area contributed by atoms with Gasteiger partial charge in [0.05, 0.1) is 38.8 Å². The Morgan fingerprint density at radius 1 is 0.857 bits per heavy atom. The second-order valence-corrected chi connectivity index (χ2v) is 9.38. The lowest BCUT2D eigenvalue weighted by Crippen LogP contribution is -2.07. The standard InChI is InChI=1S/C21H18ClN5O2.C11H11NO/c1-28-17-7-4-5-15(13-17)18-8-11-27(26-18)20-14-19(22)24-21(25-20)29-12-9-16-6-2-3-10-23-16;1-13-10-5-2-4-9(8-10)11-6-3-7-12-11/h2-8,10-11,13-14H,9,12H2,1H3;2-6,8H,7H2,1H3. The monoisotopic (exact) mass is 580 g/mol. The molecule has 212 valence electrons. The molecule has 9 nitrogen and oxygen atoms in total. The second kappa shape index (κ2) is 14.0. The number of nitrogens with zero attached hydrogens (tertiary/aromatic N) is 6. The topological polar surface area (TPSA) is 96.5 Å². The first kappa shape index (κ1) is 28.5. The number of ether oxygens (including phenoxy) is 3. The molecule has 0 unspecified atom stereocenters. The predicted octanol–water partition coefficient (Wildman–Crippen LogP) is 6.06. The van der Waals surface area contributed by atoms with Gasteiger partial charge in [-0.15, -0.1) is 0 Å². The zero-order valence-corrected chi connectivity index (χ0v) is 24.0. The molecule has 3 aromatic heterocycles. The predicted molar refractivity (Wildman–Crippen MR) is 163 cm³/mol. The third-order valence-electron chi connectivity index (χ3n) is 6.17. The molecule has 1 aliphatic heterocycles. The quantitative estimate of drug-likeness (QED) is 0.195. The van der Waals surface area contributed by atoms with Crippen molar-refractivity contribution in [1.29, 1.82) is 0 Å². The van der Waals surface area contributed by atoms with Gasteiger partial charge in [0.25, 0.3) is 0 Å². The fraction of sp³-hybridized carbons (Fsp3) is 0.156. The minimum Gasteiger partial charge on any atom is -0.497 e. The van der Waals surface area contributed by atoms with E-state index in [4.69, 9.17) is 25.8 Å². The van der Waals surface area contributed by atoms with Crippen LogP contribution < -0.4 is 14.2 Å². The average Bonchev–Trinajstić information content (AvgIpc) is 3.76. The number of allylic oxidation sites excluding steroid dienone is 1. The minimum absolute atomic E-state index is 0.196. The van der Waals surface area contributed by atoms with E-state index in [0.29, 0.717) is 18.8 Å². The summed E-state index contributed by atoms with van der Waals surface area (Å²) in [5.41, 5.74) is 4.82. The lowest BCUT2D eigenvalue weighted by Gasteiger charge is -2.07. The Morgan fingerprint density at radius 2 is 1.64 bits per heavy atom. The Bertz CT molecular complexity index is 1690. The zero-order chi connectivity index (χ0) is 29.1. The summed E-state index contributed by atoms with van der Waals surface area (Å²) in [4.78, 5) is 17.1. The van der Waals surface area contributed by atoms with E-state index in [-0.39, 0.29) is 11.2 Å². The Balaban J connectivity index is 0.000000226. The summed E-state index contributed by atoms with van der Waals surface area (Å²) in [7, 11) is 3.31. The zero-order valence-electron chi connectivity index (χ0n) is 23.2. The van der Waals surface area contributed by atoms with Crippen LogP contribution in [0, 0.1) is 0 Å². The summed E-state index contributed by atoms with van der Waals surface area (Å²) in [6.07, 6.45) is 8.30. The van der Waals surface area contributed by atoms with Crippen molar-refractivity contribution in [2.45, 2.75) is 6.42 Å². The number of aromatic nitrogens is 5. The summed E-state index contributed by atoms with van der Waals surface area (Å²) < 4.78 is 17.7. The van der Waals surface area contributed by atoms with E-state index in [2.05, 4.69) is 31.1 Å². The molecule has 6 rings (SSSR count). The van der Waals surface area contributed by atoms with Crippen molar-refractivity contribution in [2.24, 2.45) is 4.99 Å². The number of rotatable bonds is 9. The first-order chi connectivity index (χ1) is 20.6. The van der Waals surface area contributed by atoms with Crippen LogP contribution in [0.25, 0.3) is 17.1 Å². The normalized spacial score (nSPS) is 11.8. The van der Waals surface area contributed by atoms with Gasteiger partial charge in [-0.05, 0) is 48.5 Å². The maximum absolute atomic E-state index is 6.16. The molecule has 10 heteroatoms. The van der Waals surface area contributed by atoms with E-state index < -0.39 is 0 Å². The molecule has 0 saturated heterocycles. The molecule has 0 atom stereocenters. The molecule has 2 aromatic carbocycles. The largest absolute Gasteiger partial charge is 0.497 e. The third kappa shape index (κ3) is 7.58. The maximum atomic E-state index is 6.16. The molecule has 0 bridgehead atoms. The lowest BCUT2D eigenvalue weighted by atomic mass is 10.1. The van der Waals surface area contributed by atoms with Gasteiger partial charge in [-0.25, -0.2) is 4.68 Å². The SMILES string of the molecule is COc1cccc(-c2ccn(-c3cc(Cl)nc(OCCc4ccccn4)n3)n2)c1.COc1cccc(C2=NCC=C2)c1. The smallest absolute Gasteiger partial charge is 0.319 e. The van der Waals surface area contributed by atoms with Crippen LogP contribution in [0.1, 0.15) is 11.3 Å². The highest BCUT2D eigenvalue weighted by Crippen LogP contribution is 2.23. The molecular formula is C32H29ClN6O3. The first-order valence-corrected chi connectivity index (χ1v) is 13.6. The van der Waals surface area contributed by atoms with E-state index >= 15 is 0 Å². The number of pyridine rings is 1. The molecule has 5 aromatic rings. The fourth-order valence-electron chi connectivity index (χ4n) is 4.09. The second-order valence-electron chi connectivity index (χ2n) is 8.99. The lowest BCUT2D eigenvalue weighted by molar-refractivity contribution is 0.294. The summed E-state index contributed by atoms with van der Waals surface area (Å²) in [6, 6.07) is 25.1. The molecule has 0 spiro atoms. The molecule has 0 saturated carbocycles. The number of hydrogen-bond donors (Lipinski definition) is 0. The van der Waals surface area contributed by atoms with Crippen molar-refractivity contribution in [3.63, 3.8) is 0 Å². The van der Waals surface area contributed by atoms with E-state index in [9.17, 15) is 0 Å². The minimum atomic E-state index is 0.196. The highest BCUT2D eigenvalue weighted by Gasteiger charge is 2.10. The molecule has 0 radical (unpaired) electrons. The number of halogens is 1. The number of hydrogen-bond acceptors (Lipinski definition) is 8. The molecule has 0 amide bonds. The van der Waals surface area contributed by atoms with Gasteiger partial charge in [0.1, 0.15) is 16.7 Å². The van der Waals surface area contributed by atoms with Gasteiger partial charge >= 0.3 is 6.01 Å². The van der Waals surface area contributed by atoms with E-state index in [1.807, 2.05) is 85.1 Å². The van der Waals surface area contributed by atoms with Crippen molar-refractivity contribution in [3.8, 4) is 34.6 Å². The van der Waals surface area contributed by atoms with Crippen molar-refractivity contribution in [1.82, 2.24) is 24.7 Å². The van der Waals surface area contributed by atoms with Crippen molar-refractivity contribution < 1.29 is 14.2 Å². The molecule has 0 aliphatic carbocycles. The fourth-order valence-corrected chi connectivity index (χ4v) is 4.26. The van der Waals surface area contributed by atoms with Crippen LogP contribution in [-0.4, -0.2) is 57.8 Å². The van der Waals surface area contributed by atoms with Crippen molar-refractivity contribution >= 4 is 17.3 Å². The number of methoxy groups -OCH3 is 2. The van der Waals surface area contributed by atoms with Crippen LogP contribution in [0.3, 0.4) is 0 Å². The van der Waals surface area contributed by atoms with Crippen LogP contribution in [0.4, 0.5) is 0 Å². The van der Waals surface area contributed by atoms with Gasteiger partial charge in [0.15, 0.2) is 5.82 Å². The van der Waals surface area contributed by atoms with Crippen molar-refractivity contribution in [3.05, 3.63) is 120 Å². The van der Waals surface area contributed by atoms with Gasteiger partial charge < -0.3 is 14.2 Å². The number of aliphatic imine (C=N–C) groups is 1. The Hall–Kier alpha value is -5.02. The van der Waals surface area contributed by atoms with Gasteiger partial charge in [-0.1, -0.05) is 48.0 Å². The average molecular weight is 581 g/mol. The summed E-state index contributed by atoms with van der Waals surface area (Å²) in [5.74, 6) is 2.17. The highest BCUT2D eigenvalue weighted by molar-refractivity contribution is 6.29. The Kier molecular flexibility index (Phi) is 9.54. The van der Waals surface area contributed by atoms with Crippen molar-refractivity contribution in [2.75, 3.05) is 27.4 Å². The summed E-state index contributed by atoms with van der Waals surface area (Å²) in [5, 5.41) is 4.86. The van der Waals surface area contributed by atoms with E-state index in [0.717, 1.165) is 46.3 Å². The van der Waals surface area contributed by atoms with E-state index in [1.165, 1.54) is 0 Å². The Labute approximate surface area is 249 Å². The van der Waals surface area contributed by atoms with Gasteiger partial charge in [0, 0.05) is 41.7 Å². The van der Waals surface area contributed by atoms with Gasteiger partial charge in [0.2, 0.25) is 0 Å². The maximum Gasteiger partial charge on any atom is 0.319 e. The summed E-state index contributed by atoms with van der Waals surface area (Å²) in [6.45, 7) is 1.19. The molecule has 1 aliphatic rings. The van der Waals surface area contributed by atoms with Crippen LogP contribution in [0.5, 0.6) is 17.5 Å². The van der Waals surface area contributed by atoms with E-state index in [1.54, 1.807) is 31.2 Å². The number of benzene rings is 2. The van der Waals surface area contributed by atoms with Crippen LogP contribution in [0.15, 0.2) is 108 Å². The van der Waals surface area contributed by atoms with Crippen LogP contribution in [0.2, 0.25) is 5.15 Å².